The van der Waals surface area contributed by atoms with Crippen LogP contribution >= 0.6 is 25.0 Å². The average Bonchev–Trinajstić information content (AvgIpc) is 2.35. The molecule has 1 aliphatic rings. The second kappa shape index (κ2) is 5.56. The Hall–Kier alpha value is -0.0600. The third kappa shape index (κ3) is 3.56. The van der Waals surface area contributed by atoms with Crippen LogP contribution in [0.5, 0.6) is 0 Å². The first-order valence-corrected chi connectivity index (χ1v) is 4.23. The average molecular weight is 211 g/mol. The lowest BCUT2D eigenvalue weighted by molar-refractivity contribution is 0.0352. The van der Waals surface area contributed by atoms with Crippen molar-refractivity contribution in [1.82, 2.24) is 10.2 Å². The summed E-state index contributed by atoms with van der Waals surface area (Å²) in [6, 6.07) is 0. The summed E-state index contributed by atoms with van der Waals surface area (Å²) in [7, 11) is 0. The first kappa shape index (κ1) is 11.9. The van der Waals surface area contributed by atoms with Gasteiger partial charge < -0.3 is 15.3 Å². The number of hydrogen-bond acceptors (Lipinski definition) is 4. The summed E-state index contributed by atoms with van der Waals surface area (Å²) in [5.74, 6) is 0. The molecule has 1 rings (SSSR count). The van der Waals surface area contributed by atoms with Crippen LogP contribution in [0.25, 0.3) is 0 Å². The molecule has 0 saturated carbocycles. The van der Waals surface area contributed by atoms with E-state index >= 15 is 0 Å². The first-order chi connectivity index (χ1) is 5.20. The number of aliphatic hydroxyl groups is 1. The number of rotatable bonds is 3. The Morgan fingerprint density at radius 3 is 2.83 bits per heavy atom. The summed E-state index contributed by atoms with van der Waals surface area (Å²) in [6.07, 6.45) is 3.95. The Morgan fingerprint density at radius 2 is 2.42 bits per heavy atom. The minimum absolute atomic E-state index is 0. The zero-order valence-electron chi connectivity index (χ0n) is 6.97. The molecule has 0 spiro atoms. The molecular formula is C7H15ClN2OS. The molecule has 0 aliphatic carbocycles. The number of halogens is 1. The van der Waals surface area contributed by atoms with Crippen molar-refractivity contribution >= 4 is 25.0 Å². The van der Waals surface area contributed by atoms with Gasteiger partial charge in [-0.15, -0.1) is 12.4 Å². The van der Waals surface area contributed by atoms with Gasteiger partial charge in [0.25, 0.3) is 0 Å². The molecule has 0 aromatic carbocycles. The van der Waals surface area contributed by atoms with Crippen molar-refractivity contribution in [3.8, 4) is 0 Å². The predicted molar refractivity (Wildman–Crippen MR) is 55.3 cm³/mol. The first-order valence-electron chi connectivity index (χ1n) is 3.72. The summed E-state index contributed by atoms with van der Waals surface area (Å²) in [5.41, 5.74) is 0. The number of hydrogen-bond donors (Lipinski definition) is 3. The molecule has 2 N–H and O–H groups in total. The fourth-order valence-electron chi connectivity index (χ4n) is 1.00. The van der Waals surface area contributed by atoms with Gasteiger partial charge in [0.15, 0.2) is 0 Å². The van der Waals surface area contributed by atoms with E-state index in [9.17, 15) is 5.11 Å². The maximum atomic E-state index is 9.51. The van der Waals surface area contributed by atoms with Crippen LogP contribution in [0.2, 0.25) is 0 Å². The molecule has 2 unspecified atom stereocenters. The second-order valence-electron chi connectivity index (χ2n) is 2.76. The molecule has 12 heavy (non-hydrogen) atoms. The highest BCUT2D eigenvalue weighted by Crippen LogP contribution is 2.09. The maximum absolute atomic E-state index is 9.51. The van der Waals surface area contributed by atoms with Gasteiger partial charge in [0.1, 0.15) is 6.23 Å². The Labute approximate surface area is 84.6 Å². The summed E-state index contributed by atoms with van der Waals surface area (Å²) in [5, 5.41) is 12.7. The lowest BCUT2D eigenvalue weighted by Gasteiger charge is -2.23. The van der Waals surface area contributed by atoms with Crippen molar-refractivity contribution in [1.29, 1.82) is 0 Å². The van der Waals surface area contributed by atoms with E-state index in [0.717, 1.165) is 0 Å². The fourth-order valence-corrected chi connectivity index (χ4v) is 1.19. The van der Waals surface area contributed by atoms with Crippen molar-refractivity contribution in [2.75, 3.05) is 6.67 Å². The highest BCUT2D eigenvalue weighted by Gasteiger charge is 2.15. The van der Waals surface area contributed by atoms with Gasteiger partial charge in [-0.05, 0) is 0 Å². The van der Waals surface area contributed by atoms with Gasteiger partial charge in [-0.1, -0.05) is 6.92 Å². The number of thiol groups is 1. The normalized spacial score (nSPS) is 19.8. The Balaban J connectivity index is 0.00000121. The molecule has 0 aromatic heterocycles. The largest absolute Gasteiger partial charge is 0.374 e. The maximum Gasteiger partial charge on any atom is 0.128 e. The minimum Gasteiger partial charge on any atom is -0.374 e. The van der Waals surface area contributed by atoms with E-state index in [-0.39, 0.29) is 17.7 Å². The van der Waals surface area contributed by atoms with Crippen molar-refractivity contribution in [2.24, 2.45) is 0 Å². The van der Waals surface area contributed by atoms with E-state index in [2.05, 4.69) is 17.9 Å². The van der Waals surface area contributed by atoms with Gasteiger partial charge in [0.2, 0.25) is 0 Å². The van der Waals surface area contributed by atoms with Gasteiger partial charge in [0.05, 0.1) is 6.67 Å². The van der Waals surface area contributed by atoms with E-state index in [0.29, 0.717) is 13.1 Å². The van der Waals surface area contributed by atoms with E-state index in [1.165, 1.54) is 0 Å². The van der Waals surface area contributed by atoms with Crippen LogP contribution in [0.4, 0.5) is 0 Å². The van der Waals surface area contributed by atoms with Crippen molar-refractivity contribution < 1.29 is 5.11 Å². The van der Waals surface area contributed by atoms with Crippen molar-refractivity contribution in [3.63, 3.8) is 0 Å². The van der Waals surface area contributed by atoms with E-state index in [1.807, 2.05) is 24.2 Å². The number of aliphatic hydroxyl groups excluding tert-OH is 1. The van der Waals surface area contributed by atoms with Crippen LogP contribution in [0.15, 0.2) is 12.4 Å². The molecule has 1 heterocycles. The molecule has 72 valence electrons. The summed E-state index contributed by atoms with van der Waals surface area (Å²) in [6.45, 7) is 2.67. The lowest BCUT2D eigenvalue weighted by Crippen LogP contribution is -2.33. The third-order valence-corrected chi connectivity index (χ3v) is 1.80. The molecular weight excluding hydrogens is 196 g/mol. The minimum atomic E-state index is -0.409. The second-order valence-corrected chi connectivity index (χ2v) is 3.64. The lowest BCUT2D eigenvalue weighted by atomic mass is 10.3. The molecule has 3 nitrogen and oxygen atoms in total. The van der Waals surface area contributed by atoms with Crippen molar-refractivity contribution in [3.05, 3.63) is 12.4 Å². The van der Waals surface area contributed by atoms with Crippen LogP contribution in [0.3, 0.4) is 0 Å². The van der Waals surface area contributed by atoms with Crippen LogP contribution in [-0.4, -0.2) is 28.2 Å². The predicted octanol–water partition coefficient (Wildman–Crippen LogP) is 0.769. The van der Waals surface area contributed by atoms with E-state index in [1.54, 1.807) is 0 Å². The van der Waals surface area contributed by atoms with Gasteiger partial charge in [-0.3, -0.25) is 0 Å². The molecule has 5 heteroatoms. The zero-order valence-corrected chi connectivity index (χ0v) is 8.68. The highest BCUT2D eigenvalue weighted by atomic mass is 35.5. The molecule has 0 saturated heterocycles. The van der Waals surface area contributed by atoms with E-state index in [4.69, 9.17) is 0 Å². The number of nitrogens with one attached hydrogen (secondary N) is 1. The highest BCUT2D eigenvalue weighted by molar-refractivity contribution is 7.80. The molecule has 0 amide bonds. The fraction of sp³-hybridized carbons (Fsp3) is 0.714. The number of nitrogens with zero attached hydrogens (tertiary/aromatic N) is 1. The smallest absolute Gasteiger partial charge is 0.128 e. The SMILES string of the molecule is CC(S)CC(O)N1C=CNC1.Cl. The van der Waals surface area contributed by atoms with E-state index < -0.39 is 6.23 Å². The summed E-state index contributed by atoms with van der Waals surface area (Å²) in [4.78, 5) is 1.84. The summed E-state index contributed by atoms with van der Waals surface area (Å²) < 4.78 is 0. The Bertz CT molecular complexity index is 154. The van der Waals surface area contributed by atoms with Gasteiger partial charge >= 0.3 is 0 Å². The molecule has 2 atom stereocenters. The van der Waals surface area contributed by atoms with Gasteiger partial charge in [0, 0.05) is 24.1 Å². The Kier molecular flexibility index (Phi) is 5.53. The topological polar surface area (TPSA) is 35.5 Å². The Morgan fingerprint density at radius 1 is 1.75 bits per heavy atom. The molecule has 0 fully saturated rings. The van der Waals surface area contributed by atoms with Gasteiger partial charge in [-0.25, -0.2) is 0 Å². The van der Waals surface area contributed by atoms with Gasteiger partial charge in [-0.2, -0.15) is 12.6 Å². The molecule has 1 aliphatic heterocycles. The standard InChI is InChI=1S/C7H14N2OS.ClH/c1-6(11)4-7(10)9-3-2-8-5-9;/h2-3,6-8,10-11H,4-5H2,1H3;1H. The molecule has 0 bridgehead atoms. The molecule has 0 radical (unpaired) electrons. The van der Waals surface area contributed by atoms with Crippen molar-refractivity contribution in [2.45, 2.75) is 24.8 Å². The zero-order chi connectivity index (χ0) is 8.27. The quantitative estimate of drug-likeness (QED) is 0.603. The summed E-state index contributed by atoms with van der Waals surface area (Å²) >= 11 is 4.20. The van der Waals surface area contributed by atoms with Crippen LogP contribution in [-0.2, 0) is 0 Å². The third-order valence-electron chi connectivity index (χ3n) is 1.59. The monoisotopic (exact) mass is 210 g/mol. The molecule has 0 aromatic rings. The van der Waals surface area contributed by atoms with Crippen LogP contribution < -0.4 is 5.32 Å². The van der Waals surface area contributed by atoms with Crippen LogP contribution in [0, 0.1) is 0 Å². The van der Waals surface area contributed by atoms with Crippen LogP contribution in [0.1, 0.15) is 13.3 Å².